The number of nitrogens with zero attached hydrogens (tertiary/aromatic N) is 4. The molecule has 1 aliphatic rings. The van der Waals surface area contributed by atoms with E-state index in [4.69, 9.17) is 15.7 Å². The standard InChI is InChI=1S/C22H30BrN7/c1-14(2)30-13-26-19-20(25-12-11-15-3-5-16(23)6-4-15)28-22(29-21(19)30)27-18-9-7-17(24)8-10-18/h3-6,13-14,17-18H,7-12,24H2,1-2H3,(H2,25,27,28,29). The Hall–Kier alpha value is -2.19. The minimum atomic E-state index is 0.279. The molecule has 160 valence electrons. The van der Waals surface area contributed by atoms with Crippen LogP contribution in [0.25, 0.3) is 11.2 Å². The van der Waals surface area contributed by atoms with E-state index in [1.165, 1.54) is 5.56 Å². The third kappa shape index (κ3) is 4.92. The molecule has 0 bridgehead atoms. The fourth-order valence-electron chi connectivity index (χ4n) is 3.90. The van der Waals surface area contributed by atoms with E-state index in [2.05, 4.69) is 74.2 Å². The molecular weight excluding hydrogens is 442 g/mol. The van der Waals surface area contributed by atoms with E-state index < -0.39 is 0 Å². The van der Waals surface area contributed by atoms with Crippen LogP contribution in [0, 0.1) is 0 Å². The Kier molecular flexibility index (Phi) is 6.53. The van der Waals surface area contributed by atoms with Gasteiger partial charge in [0.25, 0.3) is 0 Å². The van der Waals surface area contributed by atoms with Crippen molar-refractivity contribution in [2.24, 2.45) is 5.73 Å². The predicted molar refractivity (Wildman–Crippen MR) is 126 cm³/mol. The molecule has 2 heterocycles. The highest BCUT2D eigenvalue weighted by atomic mass is 79.9. The number of aromatic nitrogens is 4. The van der Waals surface area contributed by atoms with Crippen LogP contribution in [-0.4, -0.2) is 38.1 Å². The molecule has 3 aromatic rings. The van der Waals surface area contributed by atoms with Crippen molar-refractivity contribution in [2.75, 3.05) is 17.2 Å². The molecule has 1 fully saturated rings. The Bertz CT molecular complexity index is 975. The Labute approximate surface area is 186 Å². The normalized spacial score (nSPS) is 19.4. The third-order valence-electron chi connectivity index (χ3n) is 5.70. The zero-order chi connectivity index (χ0) is 21.1. The van der Waals surface area contributed by atoms with Gasteiger partial charge in [-0.15, -0.1) is 0 Å². The van der Waals surface area contributed by atoms with Gasteiger partial charge < -0.3 is 20.9 Å². The Balaban J connectivity index is 1.54. The highest BCUT2D eigenvalue weighted by molar-refractivity contribution is 9.10. The molecule has 0 aliphatic heterocycles. The molecule has 0 amide bonds. The second-order valence-electron chi connectivity index (χ2n) is 8.37. The van der Waals surface area contributed by atoms with Crippen LogP contribution in [0.1, 0.15) is 51.1 Å². The lowest BCUT2D eigenvalue weighted by Crippen LogP contribution is -2.33. The molecule has 30 heavy (non-hydrogen) atoms. The number of benzene rings is 1. The fourth-order valence-corrected chi connectivity index (χ4v) is 4.17. The number of halogens is 1. The summed E-state index contributed by atoms with van der Waals surface area (Å²) in [4.78, 5) is 14.2. The summed E-state index contributed by atoms with van der Waals surface area (Å²) < 4.78 is 3.19. The molecule has 8 heteroatoms. The summed E-state index contributed by atoms with van der Waals surface area (Å²) in [5, 5.41) is 7.03. The molecule has 1 aromatic carbocycles. The molecule has 7 nitrogen and oxygen atoms in total. The summed E-state index contributed by atoms with van der Waals surface area (Å²) in [6, 6.07) is 9.38. The molecule has 1 saturated carbocycles. The number of nitrogens with one attached hydrogen (secondary N) is 2. The second kappa shape index (κ2) is 9.31. The number of anilines is 2. The first-order valence-electron chi connectivity index (χ1n) is 10.7. The van der Waals surface area contributed by atoms with Gasteiger partial charge in [-0.25, -0.2) is 4.98 Å². The second-order valence-corrected chi connectivity index (χ2v) is 9.29. The zero-order valence-corrected chi connectivity index (χ0v) is 19.2. The van der Waals surface area contributed by atoms with E-state index in [0.717, 1.165) is 60.1 Å². The van der Waals surface area contributed by atoms with Crippen molar-refractivity contribution in [1.29, 1.82) is 0 Å². The van der Waals surface area contributed by atoms with Crippen molar-refractivity contribution in [3.8, 4) is 0 Å². The highest BCUT2D eigenvalue weighted by Crippen LogP contribution is 2.25. The van der Waals surface area contributed by atoms with Gasteiger partial charge in [-0.05, 0) is 63.6 Å². The molecule has 4 N–H and O–H groups in total. The molecular formula is C22H30BrN7. The number of hydrogen-bond donors (Lipinski definition) is 3. The van der Waals surface area contributed by atoms with E-state index in [9.17, 15) is 0 Å². The van der Waals surface area contributed by atoms with Crippen LogP contribution < -0.4 is 16.4 Å². The highest BCUT2D eigenvalue weighted by Gasteiger charge is 2.21. The molecule has 0 radical (unpaired) electrons. The topological polar surface area (TPSA) is 93.7 Å². The number of nitrogens with two attached hydrogens (primary N) is 1. The Morgan fingerprint density at radius 1 is 1.13 bits per heavy atom. The largest absolute Gasteiger partial charge is 0.368 e. The summed E-state index contributed by atoms with van der Waals surface area (Å²) in [5.41, 5.74) is 9.01. The maximum atomic E-state index is 6.06. The summed E-state index contributed by atoms with van der Waals surface area (Å²) >= 11 is 3.49. The molecule has 1 aliphatic carbocycles. The predicted octanol–water partition coefficient (Wildman–Crippen LogP) is 4.51. The lowest BCUT2D eigenvalue weighted by atomic mass is 9.92. The first-order chi connectivity index (χ1) is 14.5. The summed E-state index contributed by atoms with van der Waals surface area (Å²) in [5.74, 6) is 1.45. The maximum absolute atomic E-state index is 6.06. The van der Waals surface area contributed by atoms with E-state index in [1.54, 1.807) is 0 Å². The number of hydrogen-bond acceptors (Lipinski definition) is 6. The number of rotatable bonds is 7. The molecule has 4 rings (SSSR count). The van der Waals surface area contributed by atoms with Crippen molar-refractivity contribution >= 4 is 38.9 Å². The zero-order valence-electron chi connectivity index (χ0n) is 17.6. The van der Waals surface area contributed by atoms with Gasteiger partial charge in [0.15, 0.2) is 17.0 Å². The lowest BCUT2D eigenvalue weighted by molar-refractivity contribution is 0.410. The molecule has 0 unspecified atom stereocenters. The number of fused-ring (bicyclic) bond motifs is 1. The quantitative estimate of drug-likeness (QED) is 0.469. The van der Waals surface area contributed by atoms with Crippen molar-refractivity contribution in [2.45, 2.75) is 64.1 Å². The van der Waals surface area contributed by atoms with Gasteiger partial charge in [-0.1, -0.05) is 28.1 Å². The van der Waals surface area contributed by atoms with Gasteiger partial charge in [0, 0.05) is 29.1 Å². The minimum absolute atomic E-state index is 0.279. The van der Waals surface area contributed by atoms with Crippen LogP contribution in [0.4, 0.5) is 11.8 Å². The Morgan fingerprint density at radius 2 is 1.87 bits per heavy atom. The van der Waals surface area contributed by atoms with Crippen LogP contribution in [0.3, 0.4) is 0 Å². The van der Waals surface area contributed by atoms with Gasteiger partial charge in [-0.3, -0.25) is 0 Å². The van der Waals surface area contributed by atoms with Crippen LogP contribution in [-0.2, 0) is 6.42 Å². The minimum Gasteiger partial charge on any atom is -0.368 e. The van der Waals surface area contributed by atoms with Gasteiger partial charge in [0.1, 0.15) is 0 Å². The van der Waals surface area contributed by atoms with Crippen LogP contribution >= 0.6 is 15.9 Å². The smallest absolute Gasteiger partial charge is 0.227 e. The van der Waals surface area contributed by atoms with Crippen LogP contribution in [0.5, 0.6) is 0 Å². The van der Waals surface area contributed by atoms with E-state index in [-0.39, 0.29) is 6.04 Å². The third-order valence-corrected chi connectivity index (χ3v) is 6.23. The van der Waals surface area contributed by atoms with Gasteiger partial charge >= 0.3 is 0 Å². The maximum Gasteiger partial charge on any atom is 0.227 e. The van der Waals surface area contributed by atoms with Gasteiger partial charge in [0.05, 0.1) is 6.33 Å². The average Bonchev–Trinajstić information content (AvgIpc) is 3.16. The van der Waals surface area contributed by atoms with Crippen LogP contribution in [0.15, 0.2) is 35.1 Å². The summed E-state index contributed by atoms with van der Waals surface area (Å²) in [6.45, 7) is 5.05. The van der Waals surface area contributed by atoms with E-state index in [0.29, 0.717) is 18.0 Å². The van der Waals surface area contributed by atoms with Crippen molar-refractivity contribution in [3.05, 3.63) is 40.6 Å². The van der Waals surface area contributed by atoms with E-state index >= 15 is 0 Å². The first-order valence-corrected chi connectivity index (χ1v) is 11.5. The Morgan fingerprint density at radius 3 is 2.57 bits per heavy atom. The molecule has 0 atom stereocenters. The summed E-state index contributed by atoms with van der Waals surface area (Å²) in [6.07, 6.45) is 6.96. The van der Waals surface area contributed by atoms with Gasteiger partial charge in [0.2, 0.25) is 5.95 Å². The van der Waals surface area contributed by atoms with Crippen molar-refractivity contribution in [3.63, 3.8) is 0 Å². The van der Waals surface area contributed by atoms with Crippen molar-refractivity contribution < 1.29 is 0 Å². The first kappa shape index (κ1) is 21.1. The number of imidazole rings is 1. The lowest BCUT2D eigenvalue weighted by Gasteiger charge is -2.27. The molecule has 0 saturated heterocycles. The monoisotopic (exact) mass is 471 g/mol. The SMILES string of the molecule is CC(C)n1cnc2c(NCCc3ccc(Br)cc3)nc(NC3CCC(N)CC3)nc21. The van der Waals surface area contributed by atoms with Gasteiger partial charge in [-0.2, -0.15) is 9.97 Å². The van der Waals surface area contributed by atoms with Crippen LogP contribution in [0.2, 0.25) is 0 Å². The molecule has 0 spiro atoms. The fraction of sp³-hybridized carbons (Fsp3) is 0.500. The molecule has 2 aromatic heterocycles. The van der Waals surface area contributed by atoms with E-state index in [1.807, 2.05) is 6.33 Å². The summed E-state index contributed by atoms with van der Waals surface area (Å²) in [7, 11) is 0. The van der Waals surface area contributed by atoms with Crippen molar-refractivity contribution in [1.82, 2.24) is 19.5 Å². The average molecular weight is 472 g/mol.